The van der Waals surface area contributed by atoms with Gasteiger partial charge >= 0.3 is 0 Å². The van der Waals surface area contributed by atoms with Gasteiger partial charge in [-0.1, -0.05) is 19.3 Å². The van der Waals surface area contributed by atoms with Crippen LogP contribution in [0, 0.1) is 17.8 Å². The van der Waals surface area contributed by atoms with E-state index in [1.807, 2.05) is 0 Å². The lowest BCUT2D eigenvalue weighted by Gasteiger charge is -2.38. The van der Waals surface area contributed by atoms with Gasteiger partial charge in [0.1, 0.15) is 0 Å². The molecule has 0 amide bonds. The topological polar surface area (TPSA) is 26.0 Å². The smallest absolute Gasteiger partial charge is 0.00487 e. The third-order valence-corrected chi connectivity index (χ3v) is 3.56. The number of halogens is 1. The Balaban J connectivity index is 0.000000720. The van der Waals surface area contributed by atoms with E-state index < -0.39 is 0 Å². The van der Waals surface area contributed by atoms with Gasteiger partial charge in [-0.05, 0) is 43.6 Å². The van der Waals surface area contributed by atoms with Crippen molar-refractivity contribution in [3.05, 3.63) is 0 Å². The van der Waals surface area contributed by atoms with E-state index in [1.54, 1.807) is 0 Å². The Kier molecular flexibility index (Phi) is 3.85. The van der Waals surface area contributed by atoms with Crippen LogP contribution in [0.15, 0.2) is 0 Å². The maximum Gasteiger partial charge on any atom is -0.00487 e. The standard InChI is InChI=1S/C10H19N.ClH/c11-7-10-5-8-2-1-3-9(4-8)6-10;/h8-10H,1-7,11H2;1H. The number of nitrogens with two attached hydrogens (primary N) is 1. The maximum atomic E-state index is 5.71. The summed E-state index contributed by atoms with van der Waals surface area (Å²) in [5.74, 6) is 2.98. The fraction of sp³-hybridized carbons (Fsp3) is 1.00. The summed E-state index contributed by atoms with van der Waals surface area (Å²) in [7, 11) is 0. The van der Waals surface area contributed by atoms with Crippen LogP contribution in [0.5, 0.6) is 0 Å². The lowest BCUT2D eigenvalue weighted by atomic mass is 9.68. The minimum atomic E-state index is 0. The lowest BCUT2D eigenvalue weighted by Crippen LogP contribution is -2.30. The van der Waals surface area contributed by atoms with E-state index in [2.05, 4.69) is 0 Å². The predicted octanol–water partition coefficient (Wildman–Crippen LogP) is 2.58. The van der Waals surface area contributed by atoms with Gasteiger partial charge in [-0.3, -0.25) is 0 Å². The van der Waals surface area contributed by atoms with E-state index in [9.17, 15) is 0 Å². The number of hydrogen-bond acceptors (Lipinski definition) is 1. The molecular formula is C10H20ClN. The van der Waals surface area contributed by atoms with Crippen LogP contribution in [0.3, 0.4) is 0 Å². The molecule has 0 aromatic carbocycles. The molecule has 12 heavy (non-hydrogen) atoms. The normalized spacial score (nSPS) is 40.2. The van der Waals surface area contributed by atoms with Gasteiger partial charge in [0.05, 0.1) is 0 Å². The monoisotopic (exact) mass is 189 g/mol. The van der Waals surface area contributed by atoms with Gasteiger partial charge in [-0.25, -0.2) is 0 Å². The average molecular weight is 190 g/mol. The van der Waals surface area contributed by atoms with Crippen molar-refractivity contribution in [2.45, 2.75) is 38.5 Å². The molecule has 2 unspecified atom stereocenters. The van der Waals surface area contributed by atoms with Crippen LogP contribution < -0.4 is 5.73 Å². The molecule has 2 heteroatoms. The first-order valence-electron chi connectivity index (χ1n) is 5.08. The van der Waals surface area contributed by atoms with Crippen molar-refractivity contribution in [2.24, 2.45) is 23.5 Å². The third-order valence-electron chi connectivity index (χ3n) is 3.56. The molecule has 72 valence electrons. The zero-order valence-electron chi connectivity index (χ0n) is 7.67. The fourth-order valence-electron chi connectivity index (χ4n) is 3.06. The Labute approximate surface area is 81.5 Å². The fourth-order valence-corrected chi connectivity index (χ4v) is 3.06. The Morgan fingerprint density at radius 1 is 1.00 bits per heavy atom. The molecule has 2 aliphatic carbocycles. The van der Waals surface area contributed by atoms with Crippen LogP contribution in [0.25, 0.3) is 0 Å². The summed E-state index contributed by atoms with van der Waals surface area (Å²) < 4.78 is 0. The lowest BCUT2D eigenvalue weighted by molar-refractivity contribution is 0.141. The van der Waals surface area contributed by atoms with Gasteiger partial charge in [-0.2, -0.15) is 0 Å². The summed E-state index contributed by atoms with van der Waals surface area (Å²) >= 11 is 0. The summed E-state index contributed by atoms with van der Waals surface area (Å²) in [6, 6.07) is 0. The van der Waals surface area contributed by atoms with Crippen LogP contribution in [-0.4, -0.2) is 6.54 Å². The van der Waals surface area contributed by atoms with Gasteiger partial charge in [-0.15, -0.1) is 12.4 Å². The minimum absolute atomic E-state index is 0. The Morgan fingerprint density at radius 3 is 2.08 bits per heavy atom. The molecule has 2 saturated carbocycles. The van der Waals surface area contributed by atoms with Gasteiger partial charge in [0.25, 0.3) is 0 Å². The summed E-state index contributed by atoms with van der Waals surface area (Å²) in [4.78, 5) is 0. The molecule has 2 rings (SSSR count). The van der Waals surface area contributed by atoms with Crippen LogP contribution in [0.2, 0.25) is 0 Å². The van der Waals surface area contributed by atoms with Gasteiger partial charge in [0.2, 0.25) is 0 Å². The molecule has 0 radical (unpaired) electrons. The molecule has 2 atom stereocenters. The van der Waals surface area contributed by atoms with E-state index >= 15 is 0 Å². The molecule has 2 fully saturated rings. The van der Waals surface area contributed by atoms with Gasteiger partial charge in [0, 0.05) is 0 Å². The van der Waals surface area contributed by atoms with Crippen LogP contribution >= 0.6 is 12.4 Å². The van der Waals surface area contributed by atoms with E-state index in [1.165, 1.54) is 38.5 Å². The molecular weight excluding hydrogens is 170 g/mol. The minimum Gasteiger partial charge on any atom is -0.330 e. The Bertz CT molecular complexity index is 126. The highest BCUT2D eigenvalue weighted by Crippen LogP contribution is 2.41. The van der Waals surface area contributed by atoms with Gasteiger partial charge in [0.15, 0.2) is 0 Å². The molecule has 2 aliphatic rings. The average Bonchev–Trinajstić information content (AvgIpc) is 2.03. The van der Waals surface area contributed by atoms with Crippen molar-refractivity contribution in [1.29, 1.82) is 0 Å². The third kappa shape index (κ3) is 2.14. The van der Waals surface area contributed by atoms with Crippen molar-refractivity contribution < 1.29 is 0 Å². The first-order chi connectivity index (χ1) is 5.38. The Morgan fingerprint density at radius 2 is 1.58 bits per heavy atom. The van der Waals surface area contributed by atoms with Crippen molar-refractivity contribution in [1.82, 2.24) is 0 Å². The number of fused-ring (bicyclic) bond motifs is 2. The summed E-state index contributed by atoms with van der Waals surface area (Å²) in [5.41, 5.74) is 5.71. The highest BCUT2D eigenvalue weighted by molar-refractivity contribution is 5.85. The van der Waals surface area contributed by atoms with E-state index in [4.69, 9.17) is 5.73 Å². The van der Waals surface area contributed by atoms with E-state index in [0.717, 1.165) is 24.3 Å². The van der Waals surface area contributed by atoms with Crippen LogP contribution in [0.4, 0.5) is 0 Å². The van der Waals surface area contributed by atoms with Crippen molar-refractivity contribution >= 4 is 12.4 Å². The second kappa shape index (κ2) is 4.48. The summed E-state index contributed by atoms with van der Waals surface area (Å²) in [6.07, 6.45) is 8.88. The van der Waals surface area contributed by atoms with Gasteiger partial charge < -0.3 is 5.73 Å². The molecule has 0 heterocycles. The second-order valence-electron chi connectivity index (χ2n) is 4.47. The second-order valence-corrected chi connectivity index (χ2v) is 4.47. The number of rotatable bonds is 1. The first-order valence-corrected chi connectivity index (χ1v) is 5.08. The van der Waals surface area contributed by atoms with Crippen LogP contribution in [-0.2, 0) is 0 Å². The van der Waals surface area contributed by atoms with Crippen molar-refractivity contribution in [3.8, 4) is 0 Å². The highest BCUT2D eigenvalue weighted by atomic mass is 35.5. The first kappa shape index (κ1) is 10.3. The molecule has 0 aliphatic heterocycles. The summed E-state index contributed by atoms with van der Waals surface area (Å²) in [5, 5.41) is 0. The molecule has 0 aromatic rings. The Hall–Kier alpha value is 0.250. The largest absolute Gasteiger partial charge is 0.330 e. The number of hydrogen-bond donors (Lipinski definition) is 1. The van der Waals surface area contributed by atoms with Crippen LogP contribution in [0.1, 0.15) is 38.5 Å². The van der Waals surface area contributed by atoms with Crippen molar-refractivity contribution in [2.75, 3.05) is 6.54 Å². The van der Waals surface area contributed by atoms with E-state index in [0.29, 0.717) is 0 Å². The quantitative estimate of drug-likeness (QED) is 0.675. The summed E-state index contributed by atoms with van der Waals surface area (Å²) in [6.45, 7) is 0.938. The highest BCUT2D eigenvalue weighted by Gasteiger charge is 2.30. The molecule has 1 nitrogen and oxygen atoms in total. The zero-order chi connectivity index (χ0) is 7.68. The van der Waals surface area contributed by atoms with E-state index in [-0.39, 0.29) is 12.4 Å². The maximum absolute atomic E-state index is 5.71. The molecule has 0 saturated heterocycles. The molecule has 0 spiro atoms. The SMILES string of the molecule is Cl.NCC1CC2CCCC(C1)C2. The predicted molar refractivity (Wildman–Crippen MR) is 54.5 cm³/mol. The molecule has 2 bridgehead atoms. The van der Waals surface area contributed by atoms with Crippen molar-refractivity contribution in [3.63, 3.8) is 0 Å². The zero-order valence-corrected chi connectivity index (χ0v) is 8.48. The molecule has 0 aromatic heterocycles. The molecule has 2 N–H and O–H groups in total.